The maximum Gasteiger partial charge on any atom is 0.411 e. The van der Waals surface area contributed by atoms with Crippen molar-refractivity contribution in [2.24, 2.45) is 0 Å². The van der Waals surface area contributed by atoms with E-state index in [0.717, 1.165) is 0 Å². The molecule has 21 heavy (non-hydrogen) atoms. The molecule has 1 aromatic carbocycles. The van der Waals surface area contributed by atoms with Crippen LogP contribution in [-0.4, -0.2) is 34.4 Å². The third-order valence-corrected chi connectivity index (χ3v) is 3.61. The predicted molar refractivity (Wildman–Crippen MR) is 62.8 cm³/mol. The molecule has 0 fully saturated rings. The van der Waals surface area contributed by atoms with E-state index in [1.54, 1.807) is 4.72 Å². The number of nitrogen functional groups attached to an aromatic ring is 1. The minimum Gasteiger partial charge on any atom is -0.399 e. The Kier molecular flexibility index (Phi) is 5.48. The fraction of sp³-hybridized carbons (Fsp3) is 0.400. The summed E-state index contributed by atoms with van der Waals surface area (Å²) in [4.78, 5) is -1.26. The van der Waals surface area contributed by atoms with Gasteiger partial charge in [0, 0.05) is 12.2 Å². The van der Waals surface area contributed by atoms with Gasteiger partial charge in [0.15, 0.2) is 4.90 Å². The topological polar surface area (TPSA) is 81.4 Å². The van der Waals surface area contributed by atoms with Gasteiger partial charge in [0.25, 0.3) is 0 Å². The zero-order valence-corrected chi connectivity index (χ0v) is 11.2. The first-order chi connectivity index (χ1) is 9.53. The molecule has 0 saturated carbocycles. The standard InChI is InChI=1S/C10H11F5N2O3S/c11-7-3-6(16)4-8(12)9(7)21(18,19)17-1-2-20-5-10(13,14)15/h3-4,17H,1-2,5,16H2. The highest BCUT2D eigenvalue weighted by atomic mass is 32.2. The number of rotatable bonds is 6. The van der Waals surface area contributed by atoms with Crippen molar-refractivity contribution in [2.75, 3.05) is 25.5 Å². The molecule has 1 rings (SSSR count). The van der Waals surface area contributed by atoms with Crippen LogP contribution in [0.25, 0.3) is 0 Å². The number of ether oxygens (including phenoxy) is 1. The number of hydrogen-bond acceptors (Lipinski definition) is 4. The van der Waals surface area contributed by atoms with Crippen molar-refractivity contribution < 1.29 is 35.1 Å². The number of halogens is 5. The van der Waals surface area contributed by atoms with Crippen molar-refractivity contribution >= 4 is 15.7 Å². The van der Waals surface area contributed by atoms with Gasteiger partial charge in [-0.05, 0) is 12.1 Å². The molecule has 0 aliphatic carbocycles. The SMILES string of the molecule is Nc1cc(F)c(S(=O)(=O)NCCOCC(F)(F)F)c(F)c1. The third kappa shape index (κ3) is 5.44. The van der Waals surface area contributed by atoms with Crippen molar-refractivity contribution in [2.45, 2.75) is 11.1 Å². The molecule has 0 amide bonds. The number of anilines is 1. The van der Waals surface area contributed by atoms with Gasteiger partial charge >= 0.3 is 6.18 Å². The van der Waals surface area contributed by atoms with Gasteiger partial charge in [0.1, 0.15) is 18.2 Å². The molecule has 120 valence electrons. The maximum absolute atomic E-state index is 13.4. The second-order valence-corrected chi connectivity index (χ2v) is 5.58. The van der Waals surface area contributed by atoms with Gasteiger partial charge in [-0.25, -0.2) is 21.9 Å². The maximum atomic E-state index is 13.4. The van der Waals surface area contributed by atoms with Crippen LogP contribution in [0.2, 0.25) is 0 Å². The van der Waals surface area contributed by atoms with E-state index in [1.807, 2.05) is 0 Å². The first kappa shape index (κ1) is 17.6. The monoisotopic (exact) mass is 334 g/mol. The molecule has 11 heteroatoms. The van der Waals surface area contributed by atoms with Crippen LogP contribution in [0.4, 0.5) is 27.6 Å². The van der Waals surface area contributed by atoms with E-state index in [0.29, 0.717) is 12.1 Å². The fourth-order valence-electron chi connectivity index (χ4n) is 1.34. The van der Waals surface area contributed by atoms with Crippen molar-refractivity contribution in [3.05, 3.63) is 23.8 Å². The lowest BCUT2D eigenvalue weighted by Gasteiger charge is -2.10. The minimum atomic E-state index is -4.57. The Morgan fingerprint density at radius 1 is 1.19 bits per heavy atom. The summed E-state index contributed by atoms with van der Waals surface area (Å²) in [5.41, 5.74) is 4.82. The molecule has 0 aliphatic heterocycles. The van der Waals surface area contributed by atoms with Crippen molar-refractivity contribution in [1.82, 2.24) is 4.72 Å². The van der Waals surface area contributed by atoms with Crippen LogP contribution in [0.1, 0.15) is 0 Å². The average Bonchev–Trinajstić information content (AvgIpc) is 2.24. The van der Waals surface area contributed by atoms with Gasteiger partial charge < -0.3 is 10.5 Å². The van der Waals surface area contributed by atoms with Crippen LogP contribution in [0.5, 0.6) is 0 Å². The van der Waals surface area contributed by atoms with Crippen LogP contribution in [0.3, 0.4) is 0 Å². The van der Waals surface area contributed by atoms with Gasteiger partial charge in [0.2, 0.25) is 10.0 Å². The van der Waals surface area contributed by atoms with E-state index < -0.39 is 52.5 Å². The summed E-state index contributed by atoms with van der Waals surface area (Å²) in [7, 11) is -4.57. The molecule has 0 radical (unpaired) electrons. The lowest BCUT2D eigenvalue weighted by atomic mass is 10.3. The Morgan fingerprint density at radius 2 is 1.71 bits per heavy atom. The number of sulfonamides is 1. The summed E-state index contributed by atoms with van der Waals surface area (Å²) in [6.45, 7) is -2.75. The molecule has 5 nitrogen and oxygen atoms in total. The van der Waals surface area contributed by atoms with Crippen LogP contribution < -0.4 is 10.5 Å². The van der Waals surface area contributed by atoms with E-state index in [-0.39, 0.29) is 5.69 Å². The van der Waals surface area contributed by atoms with Crippen molar-refractivity contribution in [3.63, 3.8) is 0 Å². The molecule has 0 unspecified atom stereocenters. The highest BCUT2D eigenvalue weighted by molar-refractivity contribution is 7.89. The Bertz CT molecular complexity index is 580. The second kappa shape index (κ2) is 6.54. The molecule has 1 aromatic rings. The van der Waals surface area contributed by atoms with Gasteiger partial charge in [-0.1, -0.05) is 0 Å². The quantitative estimate of drug-likeness (QED) is 0.468. The molecule has 0 atom stereocenters. The summed E-state index contributed by atoms with van der Waals surface area (Å²) in [5, 5.41) is 0. The van der Waals surface area contributed by atoms with Gasteiger partial charge in [-0.15, -0.1) is 0 Å². The molecule has 0 aliphatic rings. The van der Waals surface area contributed by atoms with E-state index in [4.69, 9.17) is 5.73 Å². The summed E-state index contributed by atoms with van der Waals surface area (Å²) in [6, 6.07) is 1.22. The number of benzene rings is 1. The van der Waals surface area contributed by atoms with E-state index in [1.165, 1.54) is 0 Å². The number of nitrogens with one attached hydrogen (secondary N) is 1. The third-order valence-electron chi connectivity index (χ3n) is 2.09. The van der Waals surface area contributed by atoms with Crippen LogP contribution in [0, 0.1) is 11.6 Å². The van der Waals surface area contributed by atoms with Gasteiger partial charge in [-0.3, -0.25) is 0 Å². The average molecular weight is 334 g/mol. The lowest BCUT2D eigenvalue weighted by Crippen LogP contribution is -2.30. The molecule has 0 heterocycles. The smallest absolute Gasteiger partial charge is 0.399 e. The zero-order valence-electron chi connectivity index (χ0n) is 10.4. The Labute approximate surface area is 116 Å². The molecule has 0 spiro atoms. The summed E-state index contributed by atoms with van der Waals surface area (Å²) in [6.07, 6.45) is -4.55. The van der Waals surface area contributed by atoms with E-state index >= 15 is 0 Å². The Morgan fingerprint density at radius 3 is 2.19 bits per heavy atom. The molecule has 3 N–H and O–H groups in total. The second-order valence-electron chi connectivity index (χ2n) is 3.88. The first-order valence-corrected chi connectivity index (χ1v) is 6.90. The van der Waals surface area contributed by atoms with E-state index in [9.17, 15) is 30.4 Å². The van der Waals surface area contributed by atoms with Crippen LogP contribution in [0.15, 0.2) is 17.0 Å². The molecular formula is C10H11F5N2O3S. The van der Waals surface area contributed by atoms with Crippen molar-refractivity contribution in [1.29, 1.82) is 0 Å². The van der Waals surface area contributed by atoms with E-state index in [2.05, 4.69) is 4.74 Å². The normalized spacial score (nSPS) is 12.6. The largest absolute Gasteiger partial charge is 0.411 e. The minimum absolute atomic E-state index is 0.308. The van der Waals surface area contributed by atoms with Crippen molar-refractivity contribution in [3.8, 4) is 0 Å². The van der Waals surface area contributed by atoms with Gasteiger partial charge in [0.05, 0.1) is 6.61 Å². The summed E-state index contributed by atoms with van der Waals surface area (Å²) in [5.74, 6) is -2.81. The Hall–Kier alpha value is -1.46. The molecule has 0 bridgehead atoms. The predicted octanol–water partition coefficient (Wildman–Crippen LogP) is 1.40. The van der Waals surface area contributed by atoms with Gasteiger partial charge in [-0.2, -0.15) is 13.2 Å². The highest BCUT2D eigenvalue weighted by Crippen LogP contribution is 2.21. The lowest BCUT2D eigenvalue weighted by molar-refractivity contribution is -0.173. The number of hydrogen-bond donors (Lipinski definition) is 2. The fourth-order valence-corrected chi connectivity index (χ4v) is 2.47. The first-order valence-electron chi connectivity index (χ1n) is 5.41. The molecule has 0 saturated heterocycles. The van der Waals surface area contributed by atoms with Crippen LogP contribution >= 0.6 is 0 Å². The highest BCUT2D eigenvalue weighted by Gasteiger charge is 2.28. The molecular weight excluding hydrogens is 323 g/mol. The van der Waals surface area contributed by atoms with Crippen LogP contribution in [-0.2, 0) is 14.8 Å². The zero-order chi connectivity index (χ0) is 16.3. The summed E-state index contributed by atoms with van der Waals surface area (Å²) >= 11 is 0. The Balaban J connectivity index is 2.67. The number of alkyl halides is 3. The number of nitrogens with two attached hydrogens (primary N) is 1. The summed E-state index contributed by atoms with van der Waals surface area (Å²) < 4.78 is 91.2. The molecule has 0 aromatic heterocycles.